The van der Waals surface area contributed by atoms with Crippen molar-refractivity contribution < 1.29 is 9.53 Å². The molecule has 0 fully saturated rings. The van der Waals surface area contributed by atoms with Crippen molar-refractivity contribution in [1.29, 1.82) is 0 Å². The summed E-state index contributed by atoms with van der Waals surface area (Å²) in [5.41, 5.74) is 7.33. The first-order valence-corrected chi connectivity index (χ1v) is 9.12. The Kier molecular flexibility index (Phi) is 5.40. The fourth-order valence-electron chi connectivity index (χ4n) is 3.31. The van der Waals surface area contributed by atoms with E-state index in [1.165, 1.54) is 5.57 Å². The number of carbonyl (C=O) groups is 1. The Morgan fingerprint density at radius 1 is 1.21 bits per heavy atom. The average molecular weight is 378 g/mol. The molecule has 2 aromatic carbocycles. The minimum absolute atomic E-state index is 0.0746. The van der Waals surface area contributed by atoms with Crippen molar-refractivity contribution in [1.82, 2.24) is 5.43 Å². The second-order valence-electron chi connectivity index (χ2n) is 7.34. The number of nitrogens with zero attached hydrogens (tertiary/aromatic N) is 2. The van der Waals surface area contributed by atoms with Crippen molar-refractivity contribution >= 4 is 29.2 Å². The number of methoxy groups -OCH3 is 1. The Balaban J connectivity index is 1.80. The van der Waals surface area contributed by atoms with E-state index in [1.54, 1.807) is 13.3 Å². The molecule has 6 nitrogen and oxygen atoms in total. The van der Waals surface area contributed by atoms with Gasteiger partial charge in [-0.1, -0.05) is 24.3 Å². The van der Waals surface area contributed by atoms with Gasteiger partial charge in [0.2, 0.25) is 0 Å². The van der Waals surface area contributed by atoms with Crippen LogP contribution in [0.3, 0.4) is 0 Å². The third kappa shape index (κ3) is 4.01. The van der Waals surface area contributed by atoms with Crippen molar-refractivity contribution in [2.24, 2.45) is 5.10 Å². The zero-order chi connectivity index (χ0) is 20.3. The smallest absolute Gasteiger partial charge is 0.339 e. The molecule has 2 N–H and O–H groups in total. The molecule has 1 heterocycles. The van der Waals surface area contributed by atoms with Gasteiger partial charge in [0.1, 0.15) is 5.75 Å². The first-order chi connectivity index (χ1) is 13.3. The highest BCUT2D eigenvalue weighted by atomic mass is 16.5. The minimum atomic E-state index is -0.406. The van der Waals surface area contributed by atoms with Crippen LogP contribution in [0.2, 0.25) is 0 Å². The lowest BCUT2D eigenvalue weighted by Crippen LogP contribution is -2.42. The molecule has 0 unspecified atom stereocenters. The van der Waals surface area contributed by atoms with Gasteiger partial charge in [0.15, 0.2) is 0 Å². The van der Waals surface area contributed by atoms with Crippen LogP contribution < -0.4 is 20.4 Å². The second kappa shape index (κ2) is 7.76. The van der Waals surface area contributed by atoms with Crippen LogP contribution in [0.4, 0.5) is 16.2 Å². The maximum absolute atomic E-state index is 12.0. The molecule has 3 rings (SSSR count). The van der Waals surface area contributed by atoms with E-state index in [9.17, 15) is 4.79 Å². The Labute approximate surface area is 165 Å². The maximum atomic E-state index is 12.0. The van der Waals surface area contributed by atoms with Crippen LogP contribution in [0.5, 0.6) is 5.75 Å². The van der Waals surface area contributed by atoms with Gasteiger partial charge in [-0.15, -0.1) is 0 Å². The van der Waals surface area contributed by atoms with Gasteiger partial charge in [-0.2, -0.15) is 5.10 Å². The average Bonchev–Trinajstić information content (AvgIpc) is 2.66. The molecule has 6 heteroatoms. The number of fused-ring (bicyclic) bond motifs is 1. The number of hydrogen-bond donors (Lipinski definition) is 2. The summed E-state index contributed by atoms with van der Waals surface area (Å²) in [5, 5.41) is 6.79. The van der Waals surface area contributed by atoms with E-state index in [4.69, 9.17) is 4.74 Å². The molecule has 0 aromatic heterocycles. The molecule has 0 saturated carbocycles. The number of rotatable bonds is 4. The summed E-state index contributed by atoms with van der Waals surface area (Å²) in [7, 11) is 3.70. The first kappa shape index (κ1) is 19.5. The Bertz CT molecular complexity index is 933. The van der Waals surface area contributed by atoms with Gasteiger partial charge < -0.3 is 15.0 Å². The molecule has 28 heavy (non-hydrogen) atoms. The molecule has 0 atom stereocenters. The Morgan fingerprint density at radius 2 is 1.93 bits per heavy atom. The highest BCUT2D eigenvalue weighted by molar-refractivity contribution is 5.93. The molecule has 0 bridgehead atoms. The summed E-state index contributed by atoms with van der Waals surface area (Å²) in [4.78, 5) is 14.2. The normalized spacial score (nSPS) is 15.0. The summed E-state index contributed by atoms with van der Waals surface area (Å²) in [5.74, 6) is 0.699. The number of ether oxygens (including phenoxy) is 1. The number of carbonyl (C=O) groups excluding carboxylic acids is 1. The van der Waals surface area contributed by atoms with E-state index in [-0.39, 0.29) is 5.54 Å². The molecule has 1 aliphatic rings. The van der Waals surface area contributed by atoms with Crippen LogP contribution in [0.25, 0.3) is 5.57 Å². The third-order valence-corrected chi connectivity index (χ3v) is 4.97. The molecular weight excluding hydrogens is 352 g/mol. The number of benzene rings is 2. The van der Waals surface area contributed by atoms with Crippen LogP contribution in [0, 0.1) is 0 Å². The number of hydrogen-bond acceptors (Lipinski definition) is 4. The second-order valence-corrected chi connectivity index (χ2v) is 7.34. The summed E-state index contributed by atoms with van der Waals surface area (Å²) in [6, 6.07) is 12.8. The number of allylic oxidation sites excluding steroid dienone is 1. The largest absolute Gasteiger partial charge is 0.496 e. The predicted octanol–water partition coefficient (Wildman–Crippen LogP) is 4.48. The number of nitrogens with one attached hydrogen (secondary N) is 2. The Morgan fingerprint density at radius 3 is 2.61 bits per heavy atom. The van der Waals surface area contributed by atoms with E-state index < -0.39 is 6.03 Å². The molecule has 1 aliphatic heterocycles. The monoisotopic (exact) mass is 378 g/mol. The summed E-state index contributed by atoms with van der Waals surface area (Å²) in [6.07, 6.45) is 3.84. The standard InChI is InChI=1S/C22H26N4O2/c1-15-13-22(2,3)26(4)19-12-20(28-5)16(11-18(15)19)14-23-25-21(27)24-17-9-7-6-8-10-17/h6-14H,1-5H3,(H2,24,25,27)/b23-14+. The van der Waals surface area contributed by atoms with Crippen molar-refractivity contribution in [2.45, 2.75) is 26.3 Å². The predicted molar refractivity (Wildman–Crippen MR) is 115 cm³/mol. The number of urea groups is 1. The molecule has 0 aliphatic carbocycles. The van der Waals surface area contributed by atoms with Crippen LogP contribution in [0.1, 0.15) is 31.9 Å². The van der Waals surface area contributed by atoms with Crippen LogP contribution in [0.15, 0.2) is 53.6 Å². The minimum Gasteiger partial charge on any atom is -0.496 e. The SMILES string of the molecule is COc1cc2c(cc1/C=N/NC(=O)Nc1ccccc1)C(C)=CC(C)(C)N2C. The quantitative estimate of drug-likeness (QED) is 0.609. The van der Waals surface area contributed by atoms with Crippen molar-refractivity contribution in [3.63, 3.8) is 0 Å². The molecule has 0 spiro atoms. The van der Waals surface area contributed by atoms with Gasteiger partial charge in [0, 0.05) is 35.6 Å². The highest BCUT2D eigenvalue weighted by Gasteiger charge is 2.29. The van der Waals surface area contributed by atoms with E-state index in [0.717, 1.165) is 16.8 Å². The molecular formula is C22H26N4O2. The van der Waals surface area contributed by atoms with Gasteiger partial charge in [0.25, 0.3) is 0 Å². The van der Waals surface area contributed by atoms with Gasteiger partial charge in [0.05, 0.1) is 18.9 Å². The first-order valence-electron chi connectivity index (χ1n) is 9.12. The van der Waals surface area contributed by atoms with E-state index >= 15 is 0 Å². The molecule has 146 valence electrons. The third-order valence-electron chi connectivity index (χ3n) is 4.97. The van der Waals surface area contributed by atoms with E-state index in [1.807, 2.05) is 42.5 Å². The number of para-hydroxylation sites is 1. The maximum Gasteiger partial charge on any atom is 0.339 e. The lowest BCUT2D eigenvalue weighted by molar-refractivity contribution is 0.252. The number of anilines is 2. The fraction of sp³-hybridized carbons (Fsp3) is 0.273. The van der Waals surface area contributed by atoms with Crippen LogP contribution >= 0.6 is 0 Å². The van der Waals surface area contributed by atoms with Crippen LogP contribution in [-0.4, -0.2) is 31.9 Å². The van der Waals surface area contributed by atoms with Crippen LogP contribution in [-0.2, 0) is 0 Å². The molecule has 2 amide bonds. The number of hydrazone groups is 1. The Hall–Kier alpha value is -3.28. The van der Waals surface area contributed by atoms with Gasteiger partial charge in [-0.3, -0.25) is 0 Å². The highest BCUT2D eigenvalue weighted by Crippen LogP contribution is 2.40. The summed E-state index contributed by atoms with van der Waals surface area (Å²) >= 11 is 0. The fourth-order valence-corrected chi connectivity index (χ4v) is 3.31. The van der Waals surface area contributed by atoms with E-state index in [0.29, 0.717) is 11.4 Å². The zero-order valence-electron chi connectivity index (χ0n) is 16.9. The lowest BCUT2D eigenvalue weighted by atomic mass is 9.88. The van der Waals surface area contributed by atoms with Crippen molar-refractivity contribution in [3.05, 3.63) is 59.7 Å². The summed E-state index contributed by atoms with van der Waals surface area (Å²) < 4.78 is 5.55. The molecule has 0 saturated heterocycles. The number of amides is 2. The molecule has 0 radical (unpaired) electrons. The number of likely N-dealkylation sites (N-methyl/N-ethyl adjacent to an activating group) is 1. The van der Waals surface area contributed by atoms with Crippen molar-refractivity contribution in [3.8, 4) is 5.75 Å². The van der Waals surface area contributed by atoms with Gasteiger partial charge in [-0.25, -0.2) is 10.2 Å². The van der Waals surface area contributed by atoms with Gasteiger partial charge >= 0.3 is 6.03 Å². The molecule has 2 aromatic rings. The topological polar surface area (TPSA) is 66.0 Å². The van der Waals surface area contributed by atoms with Gasteiger partial charge in [-0.05, 0) is 44.5 Å². The lowest BCUT2D eigenvalue weighted by Gasteiger charge is -2.40. The van der Waals surface area contributed by atoms with E-state index in [2.05, 4.69) is 54.6 Å². The zero-order valence-corrected chi connectivity index (χ0v) is 16.9. The van der Waals surface area contributed by atoms with Crippen molar-refractivity contribution in [2.75, 3.05) is 24.4 Å². The summed E-state index contributed by atoms with van der Waals surface area (Å²) in [6.45, 7) is 6.46.